The maximum absolute atomic E-state index is 12.3. The summed E-state index contributed by atoms with van der Waals surface area (Å²) in [6, 6.07) is 2.37. The van der Waals surface area contributed by atoms with Crippen LogP contribution in [0.4, 0.5) is 5.95 Å². The zero-order chi connectivity index (χ0) is 15.0. The molecule has 5 nitrogen and oxygen atoms in total. The number of rotatable bonds is 3. The van der Waals surface area contributed by atoms with Crippen molar-refractivity contribution in [2.24, 2.45) is 0 Å². The number of nitrogens with zero attached hydrogens (tertiary/aromatic N) is 3. The van der Waals surface area contributed by atoms with E-state index >= 15 is 0 Å². The minimum absolute atomic E-state index is 0.0370. The molecule has 0 bridgehead atoms. The molecule has 2 heterocycles. The van der Waals surface area contributed by atoms with Crippen LogP contribution in [0.5, 0.6) is 0 Å². The van der Waals surface area contributed by atoms with Crippen molar-refractivity contribution in [3.8, 4) is 0 Å². The summed E-state index contributed by atoms with van der Waals surface area (Å²) in [5.74, 6) is 0.650. The van der Waals surface area contributed by atoms with Crippen molar-refractivity contribution in [3.63, 3.8) is 0 Å². The Balaban J connectivity index is 2.12. The lowest BCUT2D eigenvalue weighted by atomic mass is 9.96. The normalized spacial score (nSPS) is 15.7. The molecule has 1 aliphatic rings. The summed E-state index contributed by atoms with van der Waals surface area (Å²) >= 11 is 0. The Morgan fingerprint density at radius 1 is 1.38 bits per heavy atom. The van der Waals surface area contributed by atoms with E-state index in [1.54, 1.807) is 4.57 Å². The molecule has 0 radical (unpaired) electrons. The van der Waals surface area contributed by atoms with Crippen molar-refractivity contribution >= 4 is 30.3 Å². The van der Waals surface area contributed by atoms with Crippen molar-refractivity contribution in [2.75, 3.05) is 5.32 Å². The van der Waals surface area contributed by atoms with Gasteiger partial charge in [0.25, 0.3) is 0 Å². The largest absolute Gasteiger partial charge is 0.351 e. The first kappa shape index (κ1) is 14.1. The molecule has 1 saturated carbocycles. The predicted octanol–water partition coefficient (Wildman–Crippen LogP) is 0.733. The molecule has 0 atom stereocenters. The second-order valence-corrected chi connectivity index (χ2v) is 5.87. The molecule has 2 aromatic heterocycles. The number of hydrogen-bond acceptors (Lipinski definition) is 4. The molecule has 0 unspecified atom stereocenters. The highest BCUT2D eigenvalue weighted by molar-refractivity contribution is 6.32. The third-order valence-electron chi connectivity index (χ3n) is 4.32. The number of nitrogens with one attached hydrogen (secondary N) is 1. The number of fused-ring (bicyclic) bond motifs is 1. The summed E-state index contributed by atoms with van der Waals surface area (Å²) in [5.41, 5.74) is 2.44. The van der Waals surface area contributed by atoms with Crippen molar-refractivity contribution in [2.45, 2.75) is 52.1 Å². The van der Waals surface area contributed by atoms with Gasteiger partial charge in [-0.15, -0.1) is 0 Å². The third kappa shape index (κ3) is 2.54. The standard InChI is InChI=1S/C15H21BN4O/c1-3-20-13-11(8-12(16)14(20)21)9(2)17-15(19-13)18-10-6-4-5-7-10/h8,10H,3-7,16H2,1-2H3,(H,17,18,19). The Labute approximate surface area is 125 Å². The van der Waals surface area contributed by atoms with Crippen molar-refractivity contribution < 1.29 is 0 Å². The van der Waals surface area contributed by atoms with Crippen LogP contribution in [0.25, 0.3) is 11.0 Å². The number of anilines is 1. The van der Waals surface area contributed by atoms with Gasteiger partial charge in [0.05, 0.1) is 5.69 Å². The lowest BCUT2D eigenvalue weighted by Gasteiger charge is -2.15. The summed E-state index contributed by atoms with van der Waals surface area (Å²) in [5, 5.41) is 4.39. The maximum Gasteiger partial charge on any atom is 0.245 e. The first-order valence-electron chi connectivity index (χ1n) is 7.75. The fourth-order valence-electron chi connectivity index (χ4n) is 3.14. The predicted molar refractivity (Wildman–Crippen MR) is 88.3 cm³/mol. The average molecular weight is 284 g/mol. The van der Waals surface area contributed by atoms with E-state index in [0.717, 1.165) is 22.2 Å². The average Bonchev–Trinajstić information content (AvgIpc) is 2.94. The molecule has 0 aromatic carbocycles. The van der Waals surface area contributed by atoms with Gasteiger partial charge < -0.3 is 5.32 Å². The smallest absolute Gasteiger partial charge is 0.245 e. The van der Waals surface area contributed by atoms with E-state index in [1.807, 2.05) is 27.8 Å². The Morgan fingerprint density at radius 2 is 2.10 bits per heavy atom. The van der Waals surface area contributed by atoms with Gasteiger partial charge in [0.15, 0.2) is 0 Å². The van der Waals surface area contributed by atoms with Gasteiger partial charge in [-0.1, -0.05) is 18.9 Å². The second kappa shape index (κ2) is 5.50. The molecule has 3 rings (SSSR count). The number of hydrogen-bond donors (Lipinski definition) is 1. The maximum atomic E-state index is 12.3. The second-order valence-electron chi connectivity index (χ2n) is 5.87. The molecule has 0 aliphatic heterocycles. The van der Waals surface area contributed by atoms with Gasteiger partial charge >= 0.3 is 0 Å². The SMILES string of the molecule is Bc1cc2c(C)nc(NC3CCCC3)nc2n(CC)c1=O. The zero-order valence-electron chi connectivity index (χ0n) is 12.9. The van der Waals surface area contributed by atoms with Crippen LogP contribution in [0.1, 0.15) is 38.3 Å². The van der Waals surface area contributed by atoms with E-state index < -0.39 is 0 Å². The van der Waals surface area contributed by atoms with Crippen LogP contribution in [0.15, 0.2) is 10.9 Å². The molecule has 1 N–H and O–H groups in total. The molecule has 0 amide bonds. The van der Waals surface area contributed by atoms with E-state index in [4.69, 9.17) is 0 Å². The topological polar surface area (TPSA) is 59.8 Å². The minimum atomic E-state index is 0.0370. The monoisotopic (exact) mass is 284 g/mol. The number of pyridine rings is 1. The third-order valence-corrected chi connectivity index (χ3v) is 4.32. The van der Waals surface area contributed by atoms with Gasteiger partial charge in [0.1, 0.15) is 13.5 Å². The Kier molecular flexibility index (Phi) is 3.70. The summed E-state index contributed by atoms with van der Waals surface area (Å²) in [6.07, 6.45) is 4.88. The van der Waals surface area contributed by atoms with E-state index in [1.165, 1.54) is 25.7 Å². The van der Waals surface area contributed by atoms with Crippen LogP contribution in [-0.2, 0) is 6.54 Å². The molecule has 6 heteroatoms. The highest BCUT2D eigenvalue weighted by Gasteiger charge is 2.17. The van der Waals surface area contributed by atoms with Crippen molar-refractivity contribution in [1.29, 1.82) is 0 Å². The number of aromatic nitrogens is 3. The van der Waals surface area contributed by atoms with Crippen LogP contribution >= 0.6 is 0 Å². The van der Waals surface area contributed by atoms with Crippen molar-refractivity contribution in [1.82, 2.24) is 14.5 Å². The highest BCUT2D eigenvalue weighted by atomic mass is 16.1. The fourth-order valence-corrected chi connectivity index (χ4v) is 3.14. The quantitative estimate of drug-likeness (QED) is 0.844. The van der Waals surface area contributed by atoms with Gasteiger partial charge in [-0.2, -0.15) is 4.98 Å². The zero-order valence-corrected chi connectivity index (χ0v) is 12.9. The van der Waals surface area contributed by atoms with Gasteiger partial charge in [-0.3, -0.25) is 9.36 Å². The Bertz CT molecular complexity index is 735. The van der Waals surface area contributed by atoms with Crippen LogP contribution in [0, 0.1) is 6.92 Å². The molecule has 21 heavy (non-hydrogen) atoms. The van der Waals surface area contributed by atoms with E-state index in [9.17, 15) is 4.79 Å². The molecule has 1 fully saturated rings. The van der Waals surface area contributed by atoms with Gasteiger partial charge in [0.2, 0.25) is 11.5 Å². The van der Waals surface area contributed by atoms with E-state index in [-0.39, 0.29) is 5.56 Å². The molecule has 0 saturated heterocycles. The van der Waals surface area contributed by atoms with Gasteiger partial charge in [-0.05, 0) is 32.2 Å². The number of aryl methyl sites for hydroxylation is 2. The Hall–Kier alpha value is -1.85. The molecule has 1 aliphatic carbocycles. The lowest BCUT2D eigenvalue weighted by Crippen LogP contribution is -2.35. The molecular formula is C15H21BN4O. The first-order valence-corrected chi connectivity index (χ1v) is 7.75. The summed E-state index contributed by atoms with van der Waals surface area (Å²) in [6.45, 7) is 4.58. The first-order chi connectivity index (χ1) is 10.1. The highest BCUT2D eigenvalue weighted by Crippen LogP contribution is 2.22. The van der Waals surface area contributed by atoms with Crippen LogP contribution in [-0.4, -0.2) is 28.4 Å². The van der Waals surface area contributed by atoms with Crippen LogP contribution in [0.2, 0.25) is 0 Å². The summed E-state index contributed by atoms with van der Waals surface area (Å²) in [7, 11) is 1.85. The van der Waals surface area contributed by atoms with E-state index in [2.05, 4.69) is 15.3 Å². The van der Waals surface area contributed by atoms with Gasteiger partial charge in [0, 0.05) is 18.0 Å². The molecular weight excluding hydrogens is 263 g/mol. The van der Waals surface area contributed by atoms with E-state index in [0.29, 0.717) is 18.5 Å². The van der Waals surface area contributed by atoms with Crippen LogP contribution in [0.3, 0.4) is 0 Å². The lowest BCUT2D eigenvalue weighted by molar-refractivity contribution is 0.733. The van der Waals surface area contributed by atoms with Gasteiger partial charge in [-0.25, -0.2) is 4.98 Å². The molecule has 110 valence electrons. The summed E-state index contributed by atoms with van der Waals surface area (Å²) in [4.78, 5) is 21.4. The van der Waals surface area contributed by atoms with Crippen molar-refractivity contribution in [3.05, 3.63) is 22.1 Å². The molecule has 0 spiro atoms. The fraction of sp³-hybridized carbons (Fsp3) is 0.533. The van der Waals surface area contributed by atoms with Crippen LogP contribution < -0.4 is 16.3 Å². The minimum Gasteiger partial charge on any atom is -0.351 e. The Morgan fingerprint density at radius 3 is 2.76 bits per heavy atom. The molecule has 2 aromatic rings. The summed E-state index contributed by atoms with van der Waals surface area (Å²) < 4.78 is 1.74.